The molecule has 0 unspecified atom stereocenters. The second-order valence-corrected chi connectivity index (χ2v) is 6.02. The Morgan fingerprint density at radius 1 is 1.04 bits per heavy atom. The van der Waals surface area contributed by atoms with Crippen LogP contribution >= 0.6 is 0 Å². The lowest BCUT2D eigenvalue weighted by Gasteiger charge is -2.15. The first-order valence-corrected chi connectivity index (χ1v) is 8.32. The molecule has 128 valence electrons. The van der Waals surface area contributed by atoms with Crippen LogP contribution in [-0.4, -0.2) is 25.7 Å². The third-order valence-electron chi connectivity index (χ3n) is 4.26. The van der Waals surface area contributed by atoms with Crippen molar-refractivity contribution in [3.63, 3.8) is 0 Å². The van der Waals surface area contributed by atoms with Gasteiger partial charge < -0.3 is 5.32 Å². The van der Waals surface area contributed by atoms with Gasteiger partial charge in [-0.05, 0) is 36.8 Å². The van der Waals surface area contributed by atoms with E-state index in [1.165, 1.54) is 6.33 Å². The van der Waals surface area contributed by atoms with Gasteiger partial charge in [-0.2, -0.15) is 5.10 Å². The molecule has 0 saturated heterocycles. The van der Waals surface area contributed by atoms with Gasteiger partial charge >= 0.3 is 0 Å². The summed E-state index contributed by atoms with van der Waals surface area (Å²) in [5.41, 5.74) is 3.14. The summed E-state index contributed by atoms with van der Waals surface area (Å²) >= 11 is 0. The van der Waals surface area contributed by atoms with Crippen molar-refractivity contribution in [3.05, 3.63) is 84.6 Å². The van der Waals surface area contributed by atoms with E-state index in [9.17, 15) is 4.79 Å². The van der Waals surface area contributed by atoms with Crippen molar-refractivity contribution >= 4 is 16.8 Å². The van der Waals surface area contributed by atoms with E-state index in [0.29, 0.717) is 5.69 Å². The van der Waals surface area contributed by atoms with Gasteiger partial charge in [0.15, 0.2) is 0 Å². The van der Waals surface area contributed by atoms with Gasteiger partial charge in [0, 0.05) is 5.39 Å². The lowest BCUT2D eigenvalue weighted by molar-refractivity contribution is 0.0935. The summed E-state index contributed by atoms with van der Waals surface area (Å²) in [6.45, 7) is 1.95. The van der Waals surface area contributed by atoms with Gasteiger partial charge in [0.25, 0.3) is 5.91 Å². The van der Waals surface area contributed by atoms with Gasteiger partial charge in [-0.15, -0.1) is 0 Å². The molecule has 0 aliphatic carbocycles. The fraction of sp³-hybridized carbons (Fsp3) is 0.100. The molecule has 0 fully saturated rings. The fourth-order valence-corrected chi connectivity index (χ4v) is 2.80. The molecule has 0 spiro atoms. The highest BCUT2D eigenvalue weighted by Gasteiger charge is 2.13. The molecule has 0 saturated carbocycles. The molecule has 2 heterocycles. The minimum Gasteiger partial charge on any atom is -0.344 e. The first-order valence-electron chi connectivity index (χ1n) is 8.32. The number of para-hydroxylation sites is 1. The van der Waals surface area contributed by atoms with Crippen LogP contribution in [0.5, 0.6) is 0 Å². The normalized spacial score (nSPS) is 12.0. The molecular formula is C20H17N5O. The summed E-state index contributed by atoms with van der Waals surface area (Å²) in [5.74, 6) is -0.191. The van der Waals surface area contributed by atoms with E-state index in [0.717, 1.165) is 22.2 Å². The molecule has 0 aliphatic heterocycles. The van der Waals surface area contributed by atoms with E-state index >= 15 is 0 Å². The first-order chi connectivity index (χ1) is 12.7. The summed E-state index contributed by atoms with van der Waals surface area (Å²) in [6.07, 6.45) is 3.14. The molecule has 6 nitrogen and oxygen atoms in total. The molecule has 0 bridgehead atoms. The highest BCUT2D eigenvalue weighted by molar-refractivity contribution is 5.95. The molecule has 2 aromatic carbocycles. The average Bonchev–Trinajstić information content (AvgIpc) is 3.22. The molecule has 1 N–H and O–H groups in total. The van der Waals surface area contributed by atoms with Gasteiger partial charge in [-0.1, -0.05) is 36.4 Å². The van der Waals surface area contributed by atoms with Crippen LogP contribution in [0.4, 0.5) is 0 Å². The summed E-state index contributed by atoms with van der Waals surface area (Å²) in [6, 6.07) is 19.1. The SMILES string of the molecule is C[C@H](NC(=O)c1ccc2ccccc2n1)c1ccc(-n2cncn2)cc1. The lowest BCUT2D eigenvalue weighted by atomic mass is 10.1. The van der Waals surface area contributed by atoms with Crippen molar-refractivity contribution in [2.75, 3.05) is 0 Å². The molecule has 4 rings (SSSR count). The zero-order valence-electron chi connectivity index (χ0n) is 14.2. The number of nitrogens with zero attached hydrogens (tertiary/aromatic N) is 4. The Balaban J connectivity index is 1.49. The third-order valence-corrected chi connectivity index (χ3v) is 4.26. The maximum Gasteiger partial charge on any atom is 0.270 e. The van der Waals surface area contributed by atoms with Crippen molar-refractivity contribution in [2.24, 2.45) is 0 Å². The van der Waals surface area contributed by atoms with Gasteiger partial charge in [-0.3, -0.25) is 4.79 Å². The Morgan fingerprint density at radius 3 is 2.62 bits per heavy atom. The van der Waals surface area contributed by atoms with E-state index in [1.54, 1.807) is 17.1 Å². The highest BCUT2D eigenvalue weighted by Crippen LogP contribution is 2.17. The average molecular weight is 343 g/mol. The molecule has 1 atom stereocenters. The lowest BCUT2D eigenvalue weighted by Crippen LogP contribution is -2.27. The number of hydrogen-bond acceptors (Lipinski definition) is 4. The van der Waals surface area contributed by atoms with Crippen LogP contribution in [-0.2, 0) is 0 Å². The van der Waals surface area contributed by atoms with Crippen molar-refractivity contribution in [1.82, 2.24) is 25.1 Å². The van der Waals surface area contributed by atoms with Crippen LogP contribution in [0.25, 0.3) is 16.6 Å². The Morgan fingerprint density at radius 2 is 1.85 bits per heavy atom. The fourth-order valence-electron chi connectivity index (χ4n) is 2.80. The zero-order chi connectivity index (χ0) is 17.9. The summed E-state index contributed by atoms with van der Waals surface area (Å²) in [7, 11) is 0. The van der Waals surface area contributed by atoms with Crippen molar-refractivity contribution in [3.8, 4) is 5.69 Å². The number of carbonyl (C=O) groups is 1. The molecule has 6 heteroatoms. The van der Waals surface area contributed by atoms with Gasteiger partial charge in [0.05, 0.1) is 17.2 Å². The second kappa shape index (κ2) is 6.76. The van der Waals surface area contributed by atoms with Crippen LogP contribution in [0, 0.1) is 0 Å². The monoisotopic (exact) mass is 343 g/mol. The highest BCUT2D eigenvalue weighted by atomic mass is 16.1. The topological polar surface area (TPSA) is 72.7 Å². The minimum atomic E-state index is -0.191. The summed E-state index contributed by atoms with van der Waals surface area (Å²) < 4.78 is 1.69. The number of carbonyl (C=O) groups excluding carboxylic acids is 1. The molecule has 2 aromatic heterocycles. The van der Waals surface area contributed by atoms with Crippen LogP contribution in [0.2, 0.25) is 0 Å². The summed E-state index contributed by atoms with van der Waals surface area (Å²) in [5, 5.41) is 8.11. The predicted octanol–water partition coefficient (Wildman–Crippen LogP) is 3.31. The Kier molecular flexibility index (Phi) is 4.15. The summed E-state index contributed by atoms with van der Waals surface area (Å²) in [4.78, 5) is 20.9. The van der Waals surface area contributed by atoms with E-state index in [4.69, 9.17) is 0 Å². The number of hydrogen-bond donors (Lipinski definition) is 1. The third kappa shape index (κ3) is 3.17. The van der Waals surface area contributed by atoms with Crippen LogP contribution < -0.4 is 5.32 Å². The molecule has 1 amide bonds. The predicted molar refractivity (Wildman–Crippen MR) is 99.0 cm³/mol. The van der Waals surface area contributed by atoms with E-state index in [1.807, 2.05) is 61.5 Å². The molecular weight excluding hydrogens is 326 g/mol. The van der Waals surface area contributed by atoms with Crippen molar-refractivity contribution in [1.29, 1.82) is 0 Å². The Hall–Kier alpha value is -3.54. The molecule has 26 heavy (non-hydrogen) atoms. The number of pyridine rings is 1. The number of rotatable bonds is 4. The van der Waals surface area contributed by atoms with Gasteiger partial charge in [-0.25, -0.2) is 14.6 Å². The number of amides is 1. The van der Waals surface area contributed by atoms with Crippen molar-refractivity contribution < 1.29 is 4.79 Å². The zero-order valence-corrected chi connectivity index (χ0v) is 14.2. The van der Waals surface area contributed by atoms with E-state index in [2.05, 4.69) is 20.4 Å². The number of benzene rings is 2. The Labute approximate surface area is 150 Å². The van der Waals surface area contributed by atoms with Crippen LogP contribution in [0.15, 0.2) is 73.3 Å². The molecule has 4 aromatic rings. The molecule has 0 radical (unpaired) electrons. The van der Waals surface area contributed by atoms with E-state index < -0.39 is 0 Å². The Bertz CT molecular complexity index is 1040. The number of nitrogens with one attached hydrogen (secondary N) is 1. The quantitative estimate of drug-likeness (QED) is 0.617. The standard InChI is InChI=1S/C20H17N5O/c1-14(15-6-9-17(10-7-15)25-13-21-12-22-25)23-20(26)19-11-8-16-4-2-3-5-18(16)24-19/h2-14H,1H3,(H,23,26)/t14-/m0/s1. The van der Waals surface area contributed by atoms with Crippen LogP contribution in [0.1, 0.15) is 29.0 Å². The smallest absolute Gasteiger partial charge is 0.270 e. The largest absolute Gasteiger partial charge is 0.344 e. The first kappa shape index (κ1) is 16.0. The van der Waals surface area contributed by atoms with Gasteiger partial charge in [0.1, 0.15) is 18.3 Å². The second-order valence-electron chi connectivity index (χ2n) is 6.02. The van der Waals surface area contributed by atoms with Crippen molar-refractivity contribution in [2.45, 2.75) is 13.0 Å². The molecule has 0 aliphatic rings. The van der Waals surface area contributed by atoms with E-state index in [-0.39, 0.29) is 11.9 Å². The van der Waals surface area contributed by atoms with Gasteiger partial charge in [0.2, 0.25) is 0 Å². The minimum absolute atomic E-state index is 0.138. The number of fused-ring (bicyclic) bond motifs is 1. The maximum atomic E-state index is 12.5. The number of aromatic nitrogens is 4. The van der Waals surface area contributed by atoms with Crippen LogP contribution in [0.3, 0.4) is 0 Å². The maximum absolute atomic E-state index is 12.5.